The zero-order chi connectivity index (χ0) is 24.6. The maximum absolute atomic E-state index is 13.8. The van der Waals surface area contributed by atoms with E-state index >= 15 is 0 Å². The van der Waals surface area contributed by atoms with E-state index in [-0.39, 0.29) is 11.4 Å². The van der Waals surface area contributed by atoms with Gasteiger partial charge < -0.3 is 4.55 Å². The van der Waals surface area contributed by atoms with Gasteiger partial charge in [-0.2, -0.15) is 24.5 Å². The number of alkyl halides is 3. The molecule has 0 spiro atoms. The molecule has 0 saturated carbocycles. The van der Waals surface area contributed by atoms with Crippen LogP contribution in [0.3, 0.4) is 0 Å². The van der Waals surface area contributed by atoms with Gasteiger partial charge in [0.05, 0.1) is 11.3 Å². The Morgan fingerprint density at radius 1 is 0.886 bits per heavy atom. The van der Waals surface area contributed by atoms with E-state index in [0.29, 0.717) is 11.4 Å². The first kappa shape index (κ1) is 23.4. The standard InChI is InChI=1S/C27H19F3N2OS2/c1-35(33)22-6-4-5-19(15-22)18-9-11-21(12-10-18)32-16-25(20-13-14-34-17-20)31-26(32)23-7-2-3-8-24(23)27(28,29)30/h2-17H,1H3. The van der Waals surface area contributed by atoms with Gasteiger partial charge in [-0.3, -0.25) is 4.57 Å². The lowest BCUT2D eigenvalue weighted by atomic mass is 10.0. The summed E-state index contributed by atoms with van der Waals surface area (Å²) in [7, 11) is 0. The summed E-state index contributed by atoms with van der Waals surface area (Å²) < 4.78 is 55.0. The number of imidazole rings is 1. The van der Waals surface area contributed by atoms with Crippen molar-refractivity contribution in [1.29, 1.82) is 0 Å². The van der Waals surface area contributed by atoms with Crippen molar-refractivity contribution < 1.29 is 17.7 Å². The molecule has 2 aromatic heterocycles. The molecule has 0 fully saturated rings. The third-order valence-corrected chi connectivity index (χ3v) is 7.24. The number of benzene rings is 3. The number of nitrogens with zero attached hydrogens (tertiary/aromatic N) is 2. The number of hydrogen-bond acceptors (Lipinski definition) is 3. The van der Waals surface area contributed by atoms with Crippen molar-refractivity contribution in [2.45, 2.75) is 11.1 Å². The summed E-state index contributed by atoms with van der Waals surface area (Å²) >= 11 is 0.404. The van der Waals surface area contributed by atoms with E-state index in [1.54, 1.807) is 23.1 Å². The molecule has 176 valence electrons. The van der Waals surface area contributed by atoms with Crippen molar-refractivity contribution in [2.24, 2.45) is 0 Å². The summed E-state index contributed by atoms with van der Waals surface area (Å²) in [5.74, 6) is 0.218. The third kappa shape index (κ3) is 4.77. The minimum absolute atomic E-state index is 0.0173. The Bertz CT molecular complexity index is 1460. The van der Waals surface area contributed by atoms with Crippen LogP contribution in [0.25, 0.3) is 39.5 Å². The number of thiophene rings is 1. The van der Waals surface area contributed by atoms with E-state index < -0.39 is 22.9 Å². The normalized spacial score (nSPS) is 12.6. The van der Waals surface area contributed by atoms with Crippen LogP contribution < -0.4 is 0 Å². The topological polar surface area (TPSA) is 40.9 Å². The molecule has 0 saturated heterocycles. The molecule has 5 aromatic rings. The van der Waals surface area contributed by atoms with Gasteiger partial charge in [-0.05, 0) is 58.0 Å². The lowest BCUT2D eigenvalue weighted by molar-refractivity contribution is -0.137. The van der Waals surface area contributed by atoms with Gasteiger partial charge in [-0.25, -0.2) is 4.98 Å². The molecule has 3 nitrogen and oxygen atoms in total. The van der Waals surface area contributed by atoms with Gasteiger partial charge in [-0.15, -0.1) is 0 Å². The second-order valence-electron chi connectivity index (χ2n) is 7.90. The summed E-state index contributed by atoms with van der Waals surface area (Å²) in [6.45, 7) is 0. The highest BCUT2D eigenvalue weighted by atomic mass is 32.2. The van der Waals surface area contributed by atoms with Crippen molar-refractivity contribution in [2.75, 3.05) is 6.26 Å². The van der Waals surface area contributed by atoms with Gasteiger partial charge in [0.15, 0.2) is 4.90 Å². The van der Waals surface area contributed by atoms with Crippen LogP contribution in [0.1, 0.15) is 5.56 Å². The Kier molecular flexibility index (Phi) is 6.27. The van der Waals surface area contributed by atoms with Gasteiger partial charge in [-0.1, -0.05) is 42.5 Å². The Hall–Kier alpha value is -3.33. The summed E-state index contributed by atoms with van der Waals surface area (Å²) in [4.78, 5) is 5.35. The van der Waals surface area contributed by atoms with E-state index in [4.69, 9.17) is 0 Å². The van der Waals surface area contributed by atoms with Gasteiger partial charge in [0.2, 0.25) is 0 Å². The number of aromatic nitrogens is 2. The largest absolute Gasteiger partial charge is 0.612 e. The smallest absolute Gasteiger partial charge is 0.417 e. The lowest BCUT2D eigenvalue weighted by Crippen LogP contribution is -2.08. The second-order valence-corrected chi connectivity index (χ2v) is 10.1. The van der Waals surface area contributed by atoms with Crippen LogP contribution in [-0.4, -0.2) is 20.4 Å². The van der Waals surface area contributed by atoms with Crippen LogP contribution in [0.2, 0.25) is 0 Å². The minimum atomic E-state index is -4.51. The minimum Gasteiger partial charge on any atom is -0.612 e. The first-order valence-corrected chi connectivity index (χ1v) is 13.1. The van der Waals surface area contributed by atoms with E-state index in [1.165, 1.54) is 23.5 Å². The van der Waals surface area contributed by atoms with Crippen molar-refractivity contribution in [3.63, 3.8) is 0 Å². The fourth-order valence-electron chi connectivity index (χ4n) is 3.91. The van der Waals surface area contributed by atoms with Crippen LogP contribution in [0.15, 0.2) is 101 Å². The van der Waals surface area contributed by atoms with Crippen molar-refractivity contribution in [3.8, 4) is 39.5 Å². The molecule has 5 rings (SSSR count). The van der Waals surface area contributed by atoms with E-state index in [9.17, 15) is 17.7 Å². The molecule has 0 amide bonds. The Labute approximate surface area is 207 Å². The molecule has 0 aliphatic heterocycles. The van der Waals surface area contributed by atoms with Gasteiger partial charge in [0, 0.05) is 34.5 Å². The Balaban J connectivity index is 1.62. The molecule has 8 heteroatoms. The van der Waals surface area contributed by atoms with Gasteiger partial charge in [0.1, 0.15) is 12.1 Å². The molecule has 35 heavy (non-hydrogen) atoms. The van der Waals surface area contributed by atoms with Crippen molar-refractivity contribution in [1.82, 2.24) is 9.55 Å². The highest BCUT2D eigenvalue weighted by molar-refractivity contribution is 7.90. The van der Waals surface area contributed by atoms with E-state index in [2.05, 4.69) is 4.98 Å². The number of rotatable bonds is 5. The highest BCUT2D eigenvalue weighted by Crippen LogP contribution is 2.38. The predicted molar refractivity (Wildman–Crippen MR) is 135 cm³/mol. The van der Waals surface area contributed by atoms with Crippen molar-refractivity contribution in [3.05, 3.63) is 101 Å². The van der Waals surface area contributed by atoms with Gasteiger partial charge >= 0.3 is 6.18 Å². The lowest BCUT2D eigenvalue weighted by Gasteiger charge is -2.14. The number of hydrogen-bond donors (Lipinski definition) is 0. The maximum Gasteiger partial charge on any atom is 0.417 e. The molecule has 0 N–H and O–H groups in total. The molecule has 2 heterocycles. The highest BCUT2D eigenvalue weighted by Gasteiger charge is 2.34. The summed E-state index contributed by atoms with van der Waals surface area (Å²) in [5.41, 5.74) is 3.24. The molecular formula is C27H19F3N2OS2. The average molecular weight is 509 g/mol. The van der Waals surface area contributed by atoms with Crippen LogP contribution in [0, 0.1) is 0 Å². The van der Waals surface area contributed by atoms with Crippen LogP contribution >= 0.6 is 11.3 Å². The molecule has 0 radical (unpaired) electrons. The average Bonchev–Trinajstić information content (AvgIpc) is 3.54. The molecule has 0 bridgehead atoms. The van der Waals surface area contributed by atoms with E-state index in [1.807, 2.05) is 65.4 Å². The Morgan fingerprint density at radius 2 is 1.66 bits per heavy atom. The summed E-state index contributed by atoms with van der Waals surface area (Å²) in [6.07, 6.45) is -1.11. The fourth-order valence-corrected chi connectivity index (χ4v) is 5.12. The third-order valence-electron chi connectivity index (χ3n) is 5.64. The molecule has 1 unspecified atom stereocenters. The van der Waals surface area contributed by atoms with Gasteiger partial charge in [0.25, 0.3) is 0 Å². The van der Waals surface area contributed by atoms with Crippen LogP contribution in [-0.2, 0) is 17.4 Å². The zero-order valence-corrected chi connectivity index (χ0v) is 20.1. The Morgan fingerprint density at radius 3 is 2.34 bits per heavy atom. The van der Waals surface area contributed by atoms with Crippen LogP contribution in [0.5, 0.6) is 0 Å². The first-order valence-electron chi connectivity index (χ1n) is 10.6. The predicted octanol–water partition coefficient (Wildman–Crippen LogP) is 7.69. The maximum atomic E-state index is 13.8. The fraction of sp³-hybridized carbons (Fsp3) is 0.0741. The first-order chi connectivity index (χ1) is 16.8. The molecule has 0 aliphatic carbocycles. The molecule has 1 atom stereocenters. The summed E-state index contributed by atoms with van der Waals surface area (Å²) in [5, 5.41) is 3.82. The quantitative estimate of drug-likeness (QED) is 0.228. The monoisotopic (exact) mass is 508 g/mol. The zero-order valence-electron chi connectivity index (χ0n) is 18.5. The van der Waals surface area contributed by atoms with E-state index in [0.717, 1.165) is 27.7 Å². The SMILES string of the molecule is C[S+]([O-])c1cccc(-c2ccc(-n3cc(-c4ccsc4)nc3-c3ccccc3C(F)(F)F)cc2)c1. The summed E-state index contributed by atoms with van der Waals surface area (Å²) in [6, 6.07) is 22.4. The second kappa shape index (κ2) is 9.37. The number of halogens is 3. The molecule has 0 aliphatic rings. The molecular weight excluding hydrogens is 489 g/mol. The molecule has 3 aromatic carbocycles. The van der Waals surface area contributed by atoms with Crippen LogP contribution in [0.4, 0.5) is 13.2 Å². The van der Waals surface area contributed by atoms with Crippen molar-refractivity contribution >= 4 is 22.5 Å².